The van der Waals surface area contributed by atoms with E-state index in [0.29, 0.717) is 10.9 Å². The van der Waals surface area contributed by atoms with Crippen molar-refractivity contribution in [3.05, 3.63) is 29.8 Å². The van der Waals surface area contributed by atoms with Crippen LogP contribution in [0.1, 0.15) is 25.3 Å². The van der Waals surface area contributed by atoms with Gasteiger partial charge in [-0.1, -0.05) is 13.3 Å². The number of carboxylic acids is 1. The van der Waals surface area contributed by atoms with Crippen LogP contribution in [0.4, 0.5) is 0 Å². The zero-order valence-electron chi connectivity index (χ0n) is 11.8. The largest absolute Gasteiger partial charge is 0.482 e. The summed E-state index contributed by atoms with van der Waals surface area (Å²) in [6.45, 7) is 2.58. The smallest absolute Gasteiger partial charge is 0.341 e. The van der Waals surface area contributed by atoms with E-state index in [-0.39, 0.29) is 6.61 Å². The fourth-order valence-electron chi connectivity index (χ4n) is 1.38. The fraction of sp³-hybridized carbons (Fsp3) is 0.357. The number of aliphatic carboxylic acids is 1. The molecule has 0 saturated heterocycles. The quantitative estimate of drug-likeness (QED) is 0.294. The summed E-state index contributed by atoms with van der Waals surface area (Å²) in [6, 6.07) is 6.91. The molecular weight excluding hydrogens is 290 g/mol. The van der Waals surface area contributed by atoms with Crippen LogP contribution < -0.4 is 15.5 Å². The molecule has 21 heavy (non-hydrogen) atoms. The number of nitrogens with zero attached hydrogens (tertiary/aromatic N) is 1. The first-order valence-corrected chi connectivity index (χ1v) is 7.04. The molecule has 7 heteroatoms. The van der Waals surface area contributed by atoms with Crippen LogP contribution >= 0.6 is 12.2 Å². The Hall–Kier alpha value is -2.15. The molecule has 3 N–H and O–H groups in total. The minimum absolute atomic E-state index is 0.354. The van der Waals surface area contributed by atoms with Gasteiger partial charge in [0.25, 0.3) is 0 Å². The number of carboxylic acid groups (broad SMARTS) is 1. The van der Waals surface area contributed by atoms with Crippen LogP contribution in [-0.2, 0) is 4.79 Å². The van der Waals surface area contributed by atoms with E-state index < -0.39 is 5.97 Å². The number of nitrogens with one attached hydrogen (secondary N) is 2. The lowest BCUT2D eigenvalue weighted by molar-refractivity contribution is -0.139. The van der Waals surface area contributed by atoms with Gasteiger partial charge in [-0.15, -0.1) is 0 Å². The molecule has 0 spiro atoms. The molecule has 0 radical (unpaired) electrons. The monoisotopic (exact) mass is 309 g/mol. The van der Waals surface area contributed by atoms with Crippen molar-refractivity contribution in [2.45, 2.75) is 19.8 Å². The summed E-state index contributed by atoms with van der Waals surface area (Å²) in [5, 5.41) is 16.0. The molecule has 0 aliphatic heterocycles. The van der Waals surface area contributed by atoms with Crippen LogP contribution in [-0.4, -0.2) is 35.6 Å². The molecule has 0 fully saturated rings. The van der Waals surface area contributed by atoms with Gasteiger partial charge in [0, 0.05) is 6.54 Å². The van der Waals surface area contributed by atoms with Crippen LogP contribution in [0, 0.1) is 0 Å². The molecule has 114 valence electrons. The second-order valence-electron chi connectivity index (χ2n) is 4.23. The SMILES string of the molecule is CCCCNC(=S)N/N=C\c1ccc(OCC(=O)O)cc1. The Kier molecular flexibility index (Phi) is 7.81. The van der Waals surface area contributed by atoms with E-state index >= 15 is 0 Å². The van der Waals surface area contributed by atoms with Crippen molar-refractivity contribution in [1.82, 2.24) is 10.7 Å². The molecule has 0 unspecified atom stereocenters. The Morgan fingerprint density at radius 1 is 1.43 bits per heavy atom. The van der Waals surface area contributed by atoms with Gasteiger partial charge in [0.1, 0.15) is 5.75 Å². The predicted molar refractivity (Wildman–Crippen MR) is 85.8 cm³/mol. The number of hydrazone groups is 1. The predicted octanol–water partition coefficient (Wildman–Crippen LogP) is 1.75. The van der Waals surface area contributed by atoms with Gasteiger partial charge in [-0.05, 0) is 48.5 Å². The lowest BCUT2D eigenvalue weighted by atomic mass is 10.2. The van der Waals surface area contributed by atoms with E-state index in [9.17, 15) is 4.79 Å². The van der Waals surface area contributed by atoms with E-state index in [2.05, 4.69) is 22.8 Å². The number of rotatable bonds is 8. The maximum atomic E-state index is 10.4. The molecule has 1 aromatic carbocycles. The van der Waals surface area contributed by atoms with E-state index in [0.717, 1.165) is 24.9 Å². The normalized spacial score (nSPS) is 10.3. The van der Waals surface area contributed by atoms with Crippen molar-refractivity contribution in [2.24, 2.45) is 5.10 Å². The van der Waals surface area contributed by atoms with Crippen molar-refractivity contribution in [3.8, 4) is 5.75 Å². The minimum atomic E-state index is -1.01. The van der Waals surface area contributed by atoms with Gasteiger partial charge in [-0.2, -0.15) is 5.10 Å². The highest BCUT2D eigenvalue weighted by atomic mass is 32.1. The van der Waals surface area contributed by atoms with Gasteiger partial charge in [0.05, 0.1) is 6.21 Å². The van der Waals surface area contributed by atoms with Crippen LogP contribution in [0.25, 0.3) is 0 Å². The Balaban J connectivity index is 2.35. The second-order valence-corrected chi connectivity index (χ2v) is 4.64. The topological polar surface area (TPSA) is 83.0 Å². The maximum Gasteiger partial charge on any atom is 0.341 e. The third kappa shape index (κ3) is 7.88. The Morgan fingerprint density at radius 3 is 2.76 bits per heavy atom. The zero-order valence-corrected chi connectivity index (χ0v) is 12.7. The molecular formula is C14H19N3O3S. The van der Waals surface area contributed by atoms with Crippen LogP contribution in [0.15, 0.2) is 29.4 Å². The van der Waals surface area contributed by atoms with Crippen molar-refractivity contribution in [1.29, 1.82) is 0 Å². The Morgan fingerprint density at radius 2 is 2.14 bits per heavy atom. The van der Waals surface area contributed by atoms with Crippen LogP contribution in [0.2, 0.25) is 0 Å². The molecule has 0 aliphatic rings. The molecule has 0 amide bonds. The minimum Gasteiger partial charge on any atom is -0.482 e. The van der Waals surface area contributed by atoms with E-state index in [4.69, 9.17) is 22.1 Å². The number of hydrogen-bond donors (Lipinski definition) is 3. The highest BCUT2D eigenvalue weighted by Crippen LogP contribution is 2.10. The molecule has 0 heterocycles. The summed E-state index contributed by atoms with van der Waals surface area (Å²) in [6.07, 6.45) is 3.79. The summed E-state index contributed by atoms with van der Waals surface area (Å²) in [5.74, 6) is -0.506. The third-order valence-electron chi connectivity index (χ3n) is 2.44. The summed E-state index contributed by atoms with van der Waals surface area (Å²) < 4.78 is 5.03. The molecule has 1 aromatic rings. The van der Waals surface area contributed by atoms with Gasteiger partial charge in [0.15, 0.2) is 11.7 Å². The summed E-state index contributed by atoms with van der Waals surface area (Å²) in [7, 11) is 0. The van der Waals surface area contributed by atoms with Crippen molar-refractivity contribution in [3.63, 3.8) is 0 Å². The van der Waals surface area contributed by atoms with Gasteiger partial charge >= 0.3 is 5.97 Å². The number of unbranched alkanes of at least 4 members (excludes halogenated alkanes) is 1. The summed E-state index contributed by atoms with van der Waals surface area (Å²) in [4.78, 5) is 10.4. The third-order valence-corrected chi connectivity index (χ3v) is 2.67. The second kappa shape index (κ2) is 9.71. The first-order valence-electron chi connectivity index (χ1n) is 6.63. The summed E-state index contributed by atoms with van der Waals surface area (Å²) in [5.41, 5.74) is 3.57. The lowest BCUT2D eigenvalue weighted by Crippen LogP contribution is -2.32. The first-order chi connectivity index (χ1) is 10.1. The molecule has 1 rings (SSSR count). The highest BCUT2D eigenvalue weighted by molar-refractivity contribution is 7.80. The fourth-order valence-corrected chi connectivity index (χ4v) is 1.53. The first kappa shape index (κ1) is 16.9. The van der Waals surface area contributed by atoms with Crippen molar-refractivity contribution >= 4 is 29.5 Å². The molecule has 0 aromatic heterocycles. The number of thiocarbonyl (C=S) groups is 1. The standard InChI is InChI=1S/C14H19N3O3S/c1-2-3-8-15-14(21)17-16-9-11-4-6-12(7-5-11)20-10-13(18)19/h4-7,9H,2-3,8,10H2,1H3,(H,18,19)(H2,15,17,21)/b16-9-. The van der Waals surface area contributed by atoms with E-state index in [1.165, 1.54) is 0 Å². The molecule has 0 bridgehead atoms. The lowest BCUT2D eigenvalue weighted by Gasteiger charge is -2.05. The number of benzene rings is 1. The Labute approximate surface area is 129 Å². The number of hydrogen-bond acceptors (Lipinski definition) is 4. The highest BCUT2D eigenvalue weighted by Gasteiger charge is 1.98. The molecule has 0 atom stereocenters. The molecule has 0 aliphatic carbocycles. The van der Waals surface area contributed by atoms with E-state index in [1.54, 1.807) is 30.5 Å². The zero-order chi connectivity index (χ0) is 15.5. The van der Waals surface area contributed by atoms with Gasteiger partial charge < -0.3 is 15.2 Å². The van der Waals surface area contributed by atoms with Gasteiger partial charge in [0.2, 0.25) is 0 Å². The molecule has 0 saturated carbocycles. The van der Waals surface area contributed by atoms with Gasteiger partial charge in [-0.25, -0.2) is 4.79 Å². The van der Waals surface area contributed by atoms with Gasteiger partial charge in [-0.3, -0.25) is 5.43 Å². The van der Waals surface area contributed by atoms with E-state index in [1.807, 2.05) is 0 Å². The maximum absolute atomic E-state index is 10.4. The number of ether oxygens (including phenoxy) is 1. The number of carbonyl (C=O) groups is 1. The average molecular weight is 309 g/mol. The Bertz CT molecular complexity index is 489. The van der Waals surface area contributed by atoms with Crippen LogP contribution in [0.3, 0.4) is 0 Å². The average Bonchev–Trinajstić information content (AvgIpc) is 2.46. The van der Waals surface area contributed by atoms with Crippen molar-refractivity contribution in [2.75, 3.05) is 13.2 Å². The van der Waals surface area contributed by atoms with Crippen molar-refractivity contribution < 1.29 is 14.6 Å². The molecule has 6 nitrogen and oxygen atoms in total. The van der Waals surface area contributed by atoms with Crippen LogP contribution in [0.5, 0.6) is 5.75 Å². The summed E-state index contributed by atoms with van der Waals surface area (Å²) >= 11 is 5.05.